The highest BCUT2D eigenvalue weighted by Gasteiger charge is 2.60. The van der Waals surface area contributed by atoms with E-state index in [0.717, 1.165) is 0 Å². The summed E-state index contributed by atoms with van der Waals surface area (Å²) in [6.07, 6.45) is -7.70. The quantitative estimate of drug-likeness (QED) is 0.309. The molecule has 2 aliphatic rings. The summed E-state index contributed by atoms with van der Waals surface area (Å²) in [5.41, 5.74) is 0. The molecular formula is C11H20O15S3. The van der Waals surface area contributed by atoms with Gasteiger partial charge in [-0.05, 0) is 12.8 Å². The fourth-order valence-electron chi connectivity index (χ4n) is 2.98. The lowest BCUT2D eigenvalue weighted by Gasteiger charge is -2.31. The van der Waals surface area contributed by atoms with Gasteiger partial charge in [-0.25, -0.2) is 12.5 Å². The highest BCUT2D eigenvalue weighted by atomic mass is 32.3. The van der Waals surface area contributed by atoms with Gasteiger partial charge in [0.2, 0.25) is 0 Å². The Hall–Kier alpha value is -0.510. The molecule has 2 heterocycles. The first-order valence-electron chi connectivity index (χ1n) is 8.02. The third-order valence-corrected chi connectivity index (χ3v) is 5.58. The standard InChI is InChI=1S/C11H20O15S3/c1-3-11(4-2)23-9-8(26-29(18,19)20)7(22-10(9)24-11)6(25-28(15,16)17)5-21-27(12,13)14/h6-10H,3-5H2,1-2H3,(H,12,13,14)(H,15,16,17)(H,18,19,20)/t6-,7-,8+,9-,10?/m1/s1. The molecule has 2 saturated heterocycles. The summed E-state index contributed by atoms with van der Waals surface area (Å²) in [5.74, 6) is -1.19. The maximum absolute atomic E-state index is 11.3. The van der Waals surface area contributed by atoms with E-state index in [2.05, 4.69) is 12.5 Å². The zero-order chi connectivity index (χ0) is 22.3. The Kier molecular flexibility index (Phi) is 7.30. The van der Waals surface area contributed by atoms with E-state index >= 15 is 0 Å². The molecule has 0 amide bonds. The molecule has 0 aliphatic carbocycles. The van der Waals surface area contributed by atoms with E-state index in [1.54, 1.807) is 13.8 Å². The van der Waals surface area contributed by atoms with Crippen molar-refractivity contribution in [3.05, 3.63) is 0 Å². The van der Waals surface area contributed by atoms with Crippen LogP contribution < -0.4 is 0 Å². The number of hydrogen-bond donors (Lipinski definition) is 3. The molecule has 172 valence electrons. The molecule has 0 bridgehead atoms. The van der Waals surface area contributed by atoms with Crippen molar-refractivity contribution in [3.63, 3.8) is 0 Å². The van der Waals surface area contributed by atoms with Crippen molar-refractivity contribution in [2.75, 3.05) is 6.61 Å². The molecule has 2 aliphatic heterocycles. The Morgan fingerprint density at radius 2 is 1.52 bits per heavy atom. The fourth-order valence-corrected chi connectivity index (χ4v) is 4.26. The highest BCUT2D eigenvalue weighted by Crippen LogP contribution is 2.43. The van der Waals surface area contributed by atoms with Crippen molar-refractivity contribution in [1.82, 2.24) is 0 Å². The van der Waals surface area contributed by atoms with Gasteiger partial charge in [-0.1, -0.05) is 13.8 Å². The lowest BCUT2D eigenvalue weighted by atomic mass is 10.1. The average molecular weight is 488 g/mol. The maximum Gasteiger partial charge on any atom is 0.397 e. The smallest absolute Gasteiger partial charge is 0.341 e. The van der Waals surface area contributed by atoms with Gasteiger partial charge in [0.25, 0.3) is 0 Å². The van der Waals surface area contributed by atoms with Gasteiger partial charge in [0, 0.05) is 0 Å². The van der Waals surface area contributed by atoms with Gasteiger partial charge in [-0.2, -0.15) is 25.3 Å². The van der Waals surface area contributed by atoms with E-state index in [1.165, 1.54) is 0 Å². The normalized spacial score (nSPS) is 30.9. The summed E-state index contributed by atoms with van der Waals surface area (Å²) in [6, 6.07) is 0. The summed E-state index contributed by atoms with van der Waals surface area (Å²) < 4.78 is 122. The molecule has 2 rings (SSSR count). The third-order valence-electron chi connectivity index (χ3n) is 4.19. The molecule has 0 saturated carbocycles. The van der Waals surface area contributed by atoms with Gasteiger partial charge in [0.1, 0.15) is 24.4 Å². The van der Waals surface area contributed by atoms with Gasteiger partial charge in [0.15, 0.2) is 12.1 Å². The van der Waals surface area contributed by atoms with Gasteiger partial charge >= 0.3 is 31.2 Å². The summed E-state index contributed by atoms with van der Waals surface area (Å²) >= 11 is 0. The number of ether oxygens (including phenoxy) is 3. The lowest BCUT2D eigenvalue weighted by Crippen LogP contribution is -2.47. The topological polar surface area (TPSA) is 218 Å². The SMILES string of the molecule is CCC1(CC)OC2O[C@H]([C@@H](COS(=O)(=O)O)OS(=O)(=O)O)[C@H](OS(=O)(=O)O)[C@H]2O1. The lowest BCUT2D eigenvalue weighted by molar-refractivity contribution is -0.242. The van der Waals surface area contributed by atoms with Crippen LogP contribution in [0, 0.1) is 0 Å². The summed E-state index contributed by atoms with van der Waals surface area (Å²) in [7, 11) is -15.5. The molecule has 15 nitrogen and oxygen atoms in total. The largest absolute Gasteiger partial charge is 0.397 e. The van der Waals surface area contributed by atoms with E-state index < -0.39 is 74.3 Å². The number of rotatable bonds is 10. The van der Waals surface area contributed by atoms with Gasteiger partial charge < -0.3 is 14.2 Å². The Balaban J connectivity index is 2.36. The summed E-state index contributed by atoms with van der Waals surface area (Å²) in [6.45, 7) is 2.15. The maximum atomic E-state index is 11.3. The fraction of sp³-hybridized carbons (Fsp3) is 1.00. The Bertz CT molecular complexity index is 890. The van der Waals surface area contributed by atoms with Crippen LogP contribution in [-0.4, -0.2) is 82.0 Å². The third kappa shape index (κ3) is 6.74. The molecule has 18 heteroatoms. The van der Waals surface area contributed by atoms with Crippen LogP contribution in [0.5, 0.6) is 0 Å². The van der Waals surface area contributed by atoms with Crippen LogP contribution in [0.2, 0.25) is 0 Å². The molecule has 0 aromatic carbocycles. The zero-order valence-corrected chi connectivity index (χ0v) is 17.4. The number of fused-ring (bicyclic) bond motifs is 1. The summed E-state index contributed by atoms with van der Waals surface area (Å²) in [4.78, 5) is 0. The molecule has 3 N–H and O–H groups in total. The Morgan fingerprint density at radius 1 is 0.931 bits per heavy atom. The van der Waals surface area contributed by atoms with Crippen molar-refractivity contribution in [2.24, 2.45) is 0 Å². The van der Waals surface area contributed by atoms with E-state index in [-0.39, 0.29) is 0 Å². The van der Waals surface area contributed by atoms with Crippen LogP contribution in [0.15, 0.2) is 0 Å². The molecule has 0 aromatic heterocycles. The molecule has 0 radical (unpaired) electrons. The molecule has 29 heavy (non-hydrogen) atoms. The van der Waals surface area contributed by atoms with Crippen LogP contribution >= 0.6 is 0 Å². The second-order valence-electron chi connectivity index (χ2n) is 6.05. The molecule has 5 atom stereocenters. The van der Waals surface area contributed by atoms with E-state index in [0.29, 0.717) is 12.8 Å². The monoisotopic (exact) mass is 488 g/mol. The Morgan fingerprint density at radius 3 is 1.97 bits per heavy atom. The second kappa shape index (κ2) is 8.55. The van der Waals surface area contributed by atoms with E-state index in [1.807, 2.05) is 0 Å². The van der Waals surface area contributed by atoms with Crippen LogP contribution in [0.1, 0.15) is 26.7 Å². The van der Waals surface area contributed by atoms with Crippen LogP contribution in [0.4, 0.5) is 0 Å². The predicted octanol–water partition coefficient (Wildman–Crippen LogP) is -1.16. The minimum Gasteiger partial charge on any atom is -0.341 e. The molecular weight excluding hydrogens is 468 g/mol. The molecule has 0 aromatic rings. The van der Waals surface area contributed by atoms with E-state index in [9.17, 15) is 25.3 Å². The van der Waals surface area contributed by atoms with Crippen molar-refractivity contribution >= 4 is 31.2 Å². The zero-order valence-electron chi connectivity index (χ0n) is 15.0. The van der Waals surface area contributed by atoms with Crippen molar-refractivity contribution in [1.29, 1.82) is 0 Å². The minimum atomic E-state index is -5.24. The second-order valence-corrected chi connectivity index (χ2v) is 9.24. The Labute approximate surface area is 167 Å². The van der Waals surface area contributed by atoms with Crippen LogP contribution in [0.3, 0.4) is 0 Å². The first kappa shape index (κ1) is 24.8. The van der Waals surface area contributed by atoms with E-state index in [4.69, 9.17) is 27.9 Å². The average Bonchev–Trinajstić information content (AvgIpc) is 3.05. The highest BCUT2D eigenvalue weighted by molar-refractivity contribution is 7.81. The first-order chi connectivity index (χ1) is 13.1. The molecule has 0 spiro atoms. The van der Waals surface area contributed by atoms with Crippen molar-refractivity contribution in [2.45, 2.75) is 63.2 Å². The van der Waals surface area contributed by atoms with Crippen LogP contribution in [-0.2, 0) is 58.0 Å². The number of hydrogen-bond acceptors (Lipinski definition) is 12. The van der Waals surface area contributed by atoms with Crippen LogP contribution in [0.25, 0.3) is 0 Å². The summed E-state index contributed by atoms with van der Waals surface area (Å²) in [5, 5.41) is 0. The van der Waals surface area contributed by atoms with Gasteiger partial charge in [-0.3, -0.25) is 13.7 Å². The molecule has 2 fully saturated rings. The first-order valence-corrected chi connectivity index (χ1v) is 12.1. The van der Waals surface area contributed by atoms with Gasteiger partial charge in [-0.15, -0.1) is 0 Å². The van der Waals surface area contributed by atoms with Crippen molar-refractivity contribution in [3.8, 4) is 0 Å². The predicted molar refractivity (Wildman–Crippen MR) is 88.3 cm³/mol. The van der Waals surface area contributed by atoms with Gasteiger partial charge in [0.05, 0.1) is 6.61 Å². The molecule has 1 unspecified atom stereocenters. The van der Waals surface area contributed by atoms with Crippen molar-refractivity contribution < 1.29 is 65.7 Å². The minimum absolute atomic E-state index is 0.305.